The van der Waals surface area contributed by atoms with Gasteiger partial charge < -0.3 is 14.4 Å². The lowest BCUT2D eigenvalue weighted by molar-refractivity contribution is 0.0907. The first-order chi connectivity index (χ1) is 13.2. The molecule has 8 nitrogen and oxygen atoms in total. The van der Waals surface area contributed by atoms with Crippen molar-refractivity contribution in [2.45, 2.75) is 13.1 Å². The Hall–Kier alpha value is -3.20. The molecular weight excluding hydrogens is 412 g/mol. The van der Waals surface area contributed by atoms with Crippen LogP contribution >= 0.6 is 15.9 Å². The molecule has 0 fully saturated rings. The smallest absolute Gasteiger partial charge is 0.316 e. The molecule has 0 spiro atoms. The van der Waals surface area contributed by atoms with Crippen LogP contribution in [0.25, 0.3) is 5.69 Å². The zero-order valence-electron chi connectivity index (χ0n) is 14.1. The van der Waals surface area contributed by atoms with E-state index >= 15 is 0 Å². The number of amides is 1. The van der Waals surface area contributed by atoms with Crippen LogP contribution in [0.3, 0.4) is 0 Å². The average molecular weight is 427 g/mol. The van der Waals surface area contributed by atoms with Crippen LogP contribution in [0.1, 0.15) is 22.1 Å². The van der Waals surface area contributed by atoms with E-state index in [2.05, 4.69) is 36.5 Å². The number of aromatic nitrogens is 5. The summed E-state index contributed by atoms with van der Waals surface area (Å²) in [7, 11) is 0. The first-order valence-electron chi connectivity index (χ1n) is 8.18. The zero-order valence-corrected chi connectivity index (χ0v) is 15.7. The van der Waals surface area contributed by atoms with Crippen LogP contribution in [-0.2, 0) is 13.1 Å². The molecule has 0 saturated carbocycles. The average Bonchev–Trinajstić information content (AvgIpc) is 3.43. The second-order valence-electron chi connectivity index (χ2n) is 5.81. The highest BCUT2D eigenvalue weighted by molar-refractivity contribution is 9.10. The second-order valence-corrected chi connectivity index (χ2v) is 6.73. The van der Waals surface area contributed by atoms with E-state index in [1.807, 2.05) is 53.4 Å². The third kappa shape index (κ3) is 4.14. The van der Waals surface area contributed by atoms with Gasteiger partial charge in [-0.1, -0.05) is 17.3 Å². The molecule has 3 aromatic heterocycles. The minimum Gasteiger partial charge on any atom is -0.344 e. The van der Waals surface area contributed by atoms with Crippen LogP contribution < -0.4 is 5.32 Å². The Morgan fingerprint density at radius 3 is 2.67 bits per heavy atom. The van der Waals surface area contributed by atoms with Gasteiger partial charge in [0.25, 0.3) is 0 Å². The van der Waals surface area contributed by atoms with E-state index in [-0.39, 0.29) is 5.89 Å². The molecule has 3 heterocycles. The van der Waals surface area contributed by atoms with Crippen molar-refractivity contribution < 1.29 is 9.32 Å². The fraction of sp³-hybridized carbons (Fsp3) is 0.111. The highest BCUT2D eigenvalue weighted by Crippen LogP contribution is 2.10. The molecule has 0 atom stereocenters. The number of hydrogen-bond acceptors (Lipinski definition) is 5. The van der Waals surface area contributed by atoms with Crippen LogP contribution in [0.2, 0.25) is 0 Å². The van der Waals surface area contributed by atoms with E-state index in [4.69, 9.17) is 4.52 Å². The summed E-state index contributed by atoms with van der Waals surface area (Å²) in [6.07, 6.45) is 7.40. The summed E-state index contributed by atoms with van der Waals surface area (Å²) >= 11 is 3.32. The molecular formula is C18H15BrN6O2. The minimum atomic E-state index is -0.412. The predicted molar refractivity (Wildman–Crippen MR) is 100 cm³/mol. The maximum atomic E-state index is 12.2. The highest BCUT2D eigenvalue weighted by atomic mass is 79.9. The van der Waals surface area contributed by atoms with E-state index in [9.17, 15) is 4.79 Å². The van der Waals surface area contributed by atoms with Crippen molar-refractivity contribution in [2.24, 2.45) is 0 Å². The number of benzene rings is 1. The van der Waals surface area contributed by atoms with Crippen molar-refractivity contribution >= 4 is 21.8 Å². The topological polar surface area (TPSA) is 90.8 Å². The lowest BCUT2D eigenvalue weighted by Gasteiger charge is -2.06. The van der Waals surface area contributed by atoms with Crippen LogP contribution in [-0.4, -0.2) is 30.4 Å². The number of nitrogens with one attached hydrogen (secondary N) is 1. The lowest BCUT2D eigenvalue weighted by Crippen LogP contribution is -2.23. The Morgan fingerprint density at radius 1 is 1.19 bits per heavy atom. The molecule has 1 N–H and O–H groups in total. The fourth-order valence-corrected chi connectivity index (χ4v) is 2.86. The van der Waals surface area contributed by atoms with Crippen LogP contribution in [0.5, 0.6) is 0 Å². The molecule has 0 aliphatic rings. The van der Waals surface area contributed by atoms with E-state index in [0.29, 0.717) is 18.9 Å². The third-order valence-electron chi connectivity index (χ3n) is 3.86. The standard InChI is InChI=1S/C18H15BrN6O2/c19-14-10-21-25(11-14)12-16-22-18(27-23-16)17(26)20-9-13-3-5-15(6-4-13)24-7-1-2-8-24/h1-8,10-11H,9,12H2,(H,20,26). The van der Waals surface area contributed by atoms with E-state index < -0.39 is 5.91 Å². The van der Waals surface area contributed by atoms with E-state index in [1.54, 1.807) is 17.1 Å². The molecule has 0 saturated heterocycles. The van der Waals surface area contributed by atoms with Crippen LogP contribution in [0.4, 0.5) is 0 Å². The quantitative estimate of drug-likeness (QED) is 0.511. The van der Waals surface area contributed by atoms with Crippen LogP contribution in [0.15, 0.2) is 70.2 Å². The molecule has 136 valence electrons. The summed E-state index contributed by atoms with van der Waals surface area (Å²) in [5, 5.41) is 10.7. The molecule has 0 aliphatic heterocycles. The summed E-state index contributed by atoms with van der Waals surface area (Å²) in [5.74, 6) is -0.100. The molecule has 4 rings (SSSR count). The van der Waals surface area contributed by atoms with Gasteiger partial charge >= 0.3 is 11.8 Å². The molecule has 1 amide bonds. The van der Waals surface area contributed by atoms with Gasteiger partial charge in [-0.2, -0.15) is 10.1 Å². The molecule has 1 aromatic carbocycles. The number of rotatable bonds is 6. The summed E-state index contributed by atoms with van der Waals surface area (Å²) < 4.78 is 9.54. The van der Waals surface area contributed by atoms with E-state index in [0.717, 1.165) is 15.7 Å². The molecule has 0 unspecified atom stereocenters. The second kappa shape index (κ2) is 7.58. The maximum absolute atomic E-state index is 12.2. The van der Waals surface area contributed by atoms with Gasteiger partial charge in [-0.15, -0.1) is 0 Å². The largest absolute Gasteiger partial charge is 0.344 e. The first kappa shape index (κ1) is 17.2. The van der Waals surface area contributed by atoms with Crippen molar-refractivity contribution in [1.29, 1.82) is 0 Å². The van der Waals surface area contributed by atoms with Crippen molar-refractivity contribution in [2.75, 3.05) is 0 Å². The number of carbonyl (C=O) groups is 1. The highest BCUT2D eigenvalue weighted by Gasteiger charge is 2.15. The summed E-state index contributed by atoms with van der Waals surface area (Å²) in [6.45, 7) is 0.692. The molecule has 9 heteroatoms. The van der Waals surface area contributed by atoms with Gasteiger partial charge in [-0.25, -0.2) is 0 Å². The van der Waals surface area contributed by atoms with Gasteiger partial charge in [0.15, 0.2) is 5.82 Å². The Balaban J connectivity index is 1.34. The van der Waals surface area contributed by atoms with Gasteiger partial charge in [-0.05, 0) is 45.8 Å². The van der Waals surface area contributed by atoms with Gasteiger partial charge in [-0.3, -0.25) is 9.48 Å². The molecule has 27 heavy (non-hydrogen) atoms. The number of hydrogen-bond donors (Lipinski definition) is 1. The number of halogens is 1. The molecule has 0 radical (unpaired) electrons. The van der Waals surface area contributed by atoms with Crippen LogP contribution in [0, 0.1) is 0 Å². The van der Waals surface area contributed by atoms with E-state index in [1.165, 1.54) is 0 Å². The van der Waals surface area contributed by atoms with Gasteiger partial charge in [0, 0.05) is 30.8 Å². The van der Waals surface area contributed by atoms with Crippen molar-refractivity contribution in [3.05, 3.63) is 82.9 Å². The lowest BCUT2D eigenvalue weighted by atomic mass is 10.2. The summed E-state index contributed by atoms with van der Waals surface area (Å²) in [6, 6.07) is 11.9. The Morgan fingerprint density at radius 2 is 1.96 bits per heavy atom. The summed E-state index contributed by atoms with van der Waals surface area (Å²) in [4.78, 5) is 16.3. The molecule has 0 aliphatic carbocycles. The molecule has 4 aromatic rings. The SMILES string of the molecule is O=C(NCc1ccc(-n2cccc2)cc1)c1nc(Cn2cc(Br)cn2)no1. The maximum Gasteiger partial charge on any atom is 0.316 e. The fourth-order valence-electron chi connectivity index (χ4n) is 2.53. The Labute approximate surface area is 162 Å². The predicted octanol–water partition coefficient (Wildman–Crippen LogP) is 2.80. The first-order valence-corrected chi connectivity index (χ1v) is 8.98. The normalized spacial score (nSPS) is 10.9. The van der Waals surface area contributed by atoms with Crippen molar-refractivity contribution in [3.63, 3.8) is 0 Å². The number of nitrogens with zero attached hydrogens (tertiary/aromatic N) is 5. The van der Waals surface area contributed by atoms with Crippen molar-refractivity contribution in [3.8, 4) is 5.69 Å². The van der Waals surface area contributed by atoms with Gasteiger partial charge in [0.2, 0.25) is 0 Å². The Kier molecular flexibility index (Phi) is 4.84. The summed E-state index contributed by atoms with van der Waals surface area (Å²) in [5.41, 5.74) is 2.03. The minimum absolute atomic E-state index is 0.0693. The number of carbonyl (C=O) groups excluding carboxylic acids is 1. The zero-order chi connectivity index (χ0) is 18.6. The van der Waals surface area contributed by atoms with Crippen molar-refractivity contribution in [1.82, 2.24) is 29.8 Å². The Bertz CT molecular complexity index is 1040. The van der Waals surface area contributed by atoms with Gasteiger partial charge in [0.1, 0.15) is 6.54 Å². The molecule has 0 bridgehead atoms. The monoisotopic (exact) mass is 426 g/mol. The third-order valence-corrected chi connectivity index (χ3v) is 4.27. The van der Waals surface area contributed by atoms with Gasteiger partial charge in [0.05, 0.1) is 10.7 Å².